The van der Waals surface area contributed by atoms with E-state index in [9.17, 15) is 9.90 Å². The number of hydrogen-bond acceptors (Lipinski definition) is 4. The summed E-state index contributed by atoms with van der Waals surface area (Å²) in [6, 6.07) is 8.31. The van der Waals surface area contributed by atoms with Crippen molar-refractivity contribution in [2.24, 2.45) is 0 Å². The van der Waals surface area contributed by atoms with Crippen molar-refractivity contribution in [3.63, 3.8) is 0 Å². The van der Waals surface area contributed by atoms with Gasteiger partial charge in [0.2, 0.25) is 11.2 Å². The van der Waals surface area contributed by atoms with Crippen LogP contribution in [0.5, 0.6) is 0 Å². The minimum atomic E-state index is -0.349. The zero-order valence-electron chi connectivity index (χ0n) is 13.9. The number of benzene rings is 1. The Labute approximate surface area is 151 Å². The molecule has 2 heterocycles. The Kier molecular flexibility index (Phi) is 4.25. The summed E-state index contributed by atoms with van der Waals surface area (Å²) in [7, 11) is 0. The fourth-order valence-electron chi connectivity index (χ4n) is 4.29. The van der Waals surface area contributed by atoms with E-state index < -0.39 is 0 Å². The Bertz CT molecular complexity index is 783. The van der Waals surface area contributed by atoms with Gasteiger partial charge in [0.15, 0.2) is 0 Å². The summed E-state index contributed by atoms with van der Waals surface area (Å²) in [5.41, 5.74) is 2.33. The van der Waals surface area contributed by atoms with Crippen LogP contribution in [-0.2, 0) is 23.1 Å². The smallest absolute Gasteiger partial charge is 0.242 e. The van der Waals surface area contributed by atoms with E-state index >= 15 is 0 Å². The first kappa shape index (κ1) is 16.5. The first-order valence-electron chi connectivity index (χ1n) is 8.69. The van der Waals surface area contributed by atoms with Gasteiger partial charge in [0.1, 0.15) is 5.82 Å². The number of hydrogen-bond donors (Lipinski definition) is 2. The molecule has 1 saturated heterocycles. The number of amides is 1. The average molecular weight is 361 g/mol. The van der Waals surface area contributed by atoms with E-state index in [2.05, 4.69) is 27.3 Å². The lowest BCUT2D eigenvalue weighted by Gasteiger charge is -2.42. The van der Waals surface area contributed by atoms with Crippen molar-refractivity contribution in [2.75, 3.05) is 13.1 Å². The van der Waals surface area contributed by atoms with Gasteiger partial charge in [0, 0.05) is 31.3 Å². The van der Waals surface area contributed by atoms with E-state index in [-0.39, 0.29) is 22.7 Å². The molecule has 25 heavy (non-hydrogen) atoms. The van der Waals surface area contributed by atoms with Crippen LogP contribution in [0.1, 0.15) is 36.2 Å². The Morgan fingerprint density at radius 1 is 1.36 bits per heavy atom. The molecule has 1 atom stereocenters. The fourth-order valence-corrected chi connectivity index (χ4v) is 4.44. The van der Waals surface area contributed by atoms with Gasteiger partial charge in [-0.3, -0.25) is 9.89 Å². The third kappa shape index (κ3) is 2.93. The number of carbonyl (C=O) groups excluding carboxylic acids is 1. The van der Waals surface area contributed by atoms with Gasteiger partial charge in [-0.05, 0) is 42.0 Å². The van der Waals surface area contributed by atoms with Gasteiger partial charge in [0.25, 0.3) is 0 Å². The van der Waals surface area contributed by atoms with Gasteiger partial charge in [-0.15, -0.1) is 5.10 Å². The topological polar surface area (TPSA) is 82.1 Å². The molecule has 4 rings (SSSR count). The first-order valence-corrected chi connectivity index (χ1v) is 9.07. The summed E-state index contributed by atoms with van der Waals surface area (Å²) < 4.78 is 0. The number of nitrogens with zero attached hydrogens (tertiary/aromatic N) is 3. The summed E-state index contributed by atoms with van der Waals surface area (Å²) in [6.45, 7) is 1.36. The molecule has 1 aromatic heterocycles. The number of aliphatic hydroxyl groups is 1. The van der Waals surface area contributed by atoms with E-state index in [1.165, 1.54) is 11.1 Å². The molecule has 0 saturated carbocycles. The highest BCUT2D eigenvalue weighted by Crippen LogP contribution is 2.46. The quantitative estimate of drug-likeness (QED) is 0.875. The zero-order valence-corrected chi connectivity index (χ0v) is 14.7. The molecule has 0 unspecified atom stereocenters. The average Bonchev–Trinajstić information content (AvgIpc) is 3.16. The van der Waals surface area contributed by atoms with Crippen LogP contribution in [0.15, 0.2) is 24.3 Å². The molecular formula is C18H21ClN4O2. The molecule has 2 aromatic rings. The molecular weight excluding hydrogens is 340 g/mol. The molecule has 1 spiro atoms. The largest absolute Gasteiger partial charge is 0.392 e. The van der Waals surface area contributed by atoms with Gasteiger partial charge < -0.3 is 10.0 Å². The summed E-state index contributed by atoms with van der Waals surface area (Å²) in [5, 5.41) is 17.3. The number of aliphatic hydroxyl groups excluding tert-OH is 1. The maximum atomic E-state index is 12.5. The minimum Gasteiger partial charge on any atom is -0.392 e. The molecule has 1 aliphatic heterocycles. The summed E-state index contributed by atoms with van der Waals surface area (Å²) in [6.07, 6.45) is 2.88. The Morgan fingerprint density at radius 2 is 2.12 bits per heavy atom. The normalized spacial score (nSPS) is 21.5. The lowest BCUT2D eigenvalue weighted by atomic mass is 9.72. The lowest BCUT2D eigenvalue weighted by molar-refractivity contribution is -0.133. The van der Waals surface area contributed by atoms with E-state index in [4.69, 9.17) is 11.6 Å². The van der Waals surface area contributed by atoms with Crippen molar-refractivity contribution in [3.8, 4) is 0 Å². The number of nitrogens with one attached hydrogen (secondary N) is 1. The molecule has 1 aliphatic carbocycles. The van der Waals surface area contributed by atoms with E-state index in [0.717, 1.165) is 19.3 Å². The van der Waals surface area contributed by atoms with Gasteiger partial charge in [-0.25, -0.2) is 4.98 Å². The Hall–Kier alpha value is -1.92. The van der Waals surface area contributed by atoms with Crippen LogP contribution < -0.4 is 0 Å². The van der Waals surface area contributed by atoms with Crippen LogP contribution in [0.4, 0.5) is 0 Å². The lowest BCUT2D eigenvalue weighted by Crippen LogP contribution is -2.49. The third-order valence-corrected chi connectivity index (χ3v) is 5.86. The fraction of sp³-hybridized carbons (Fsp3) is 0.500. The van der Waals surface area contributed by atoms with Crippen molar-refractivity contribution in [2.45, 2.75) is 43.6 Å². The maximum Gasteiger partial charge on any atom is 0.242 e. The van der Waals surface area contributed by atoms with Gasteiger partial charge in [0.05, 0.1) is 6.10 Å². The van der Waals surface area contributed by atoms with Gasteiger partial charge in [-0.1, -0.05) is 24.3 Å². The number of aromatic nitrogens is 3. The highest BCUT2D eigenvalue weighted by molar-refractivity contribution is 6.28. The summed E-state index contributed by atoms with van der Waals surface area (Å²) >= 11 is 5.68. The molecule has 1 aromatic carbocycles. The van der Waals surface area contributed by atoms with Crippen molar-refractivity contribution in [1.29, 1.82) is 0 Å². The molecule has 6 nitrogen and oxygen atoms in total. The molecule has 7 heteroatoms. The molecule has 0 bridgehead atoms. The number of fused-ring (bicyclic) bond motifs is 2. The summed E-state index contributed by atoms with van der Waals surface area (Å²) in [5.74, 6) is 0.745. The van der Waals surface area contributed by atoms with Gasteiger partial charge in [-0.2, -0.15) is 0 Å². The molecule has 1 amide bonds. The molecule has 1 fully saturated rings. The van der Waals surface area contributed by atoms with Crippen LogP contribution in [-0.4, -0.2) is 50.3 Å². The molecule has 0 radical (unpaired) electrons. The number of aryl methyl sites for hydroxylation is 1. The minimum absolute atomic E-state index is 0.114. The van der Waals surface area contributed by atoms with Crippen LogP contribution in [0.25, 0.3) is 0 Å². The van der Waals surface area contributed by atoms with E-state index in [1.54, 1.807) is 0 Å². The SMILES string of the molecule is O=C(CCc1nc(Cl)n[nH]1)N1CCC2(CC1)c1ccccc1C[C@H]2O. The Morgan fingerprint density at radius 3 is 2.84 bits per heavy atom. The molecule has 2 aliphatic rings. The summed E-state index contributed by atoms with van der Waals surface area (Å²) in [4.78, 5) is 18.4. The highest BCUT2D eigenvalue weighted by atomic mass is 35.5. The van der Waals surface area contributed by atoms with E-state index in [0.29, 0.717) is 31.8 Å². The maximum absolute atomic E-state index is 12.5. The van der Waals surface area contributed by atoms with Crippen LogP contribution in [0.3, 0.4) is 0 Å². The van der Waals surface area contributed by atoms with E-state index in [1.807, 2.05) is 17.0 Å². The van der Waals surface area contributed by atoms with Crippen LogP contribution >= 0.6 is 11.6 Å². The van der Waals surface area contributed by atoms with Gasteiger partial charge >= 0.3 is 0 Å². The number of H-pyrrole nitrogens is 1. The van der Waals surface area contributed by atoms with Crippen LogP contribution in [0.2, 0.25) is 5.28 Å². The first-order chi connectivity index (χ1) is 12.1. The number of rotatable bonds is 3. The predicted molar refractivity (Wildman–Crippen MR) is 93.4 cm³/mol. The number of likely N-dealkylation sites (tertiary alicyclic amines) is 1. The monoisotopic (exact) mass is 360 g/mol. The second kappa shape index (κ2) is 6.42. The van der Waals surface area contributed by atoms with Crippen molar-refractivity contribution >= 4 is 17.5 Å². The number of halogens is 1. The second-order valence-electron chi connectivity index (χ2n) is 6.97. The van der Waals surface area contributed by atoms with Crippen LogP contribution in [0, 0.1) is 0 Å². The predicted octanol–water partition coefficient (Wildman–Crippen LogP) is 1.87. The zero-order chi connectivity index (χ0) is 17.4. The van der Waals surface area contributed by atoms with Crippen molar-refractivity contribution in [1.82, 2.24) is 20.1 Å². The second-order valence-corrected chi connectivity index (χ2v) is 7.30. The number of piperidine rings is 1. The molecule has 132 valence electrons. The number of aromatic amines is 1. The molecule has 2 N–H and O–H groups in total. The third-order valence-electron chi connectivity index (χ3n) is 5.69. The standard InChI is InChI=1S/C18H21ClN4O2/c19-17-20-15(21-22-17)5-6-16(25)23-9-7-18(8-10-23)13-4-2-1-3-12(13)11-14(18)24/h1-4,14,24H,5-11H2,(H,20,21,22)/t14-/m1/s1. The number of carbonyl (C=O) groups is 1. The Balaban J connectivity index is 1.39. The highest BCUT2D eigenvalue weighted by Gasteiger charge is 2.47. The van der Waals surface area contributed by atoms with Crippen molar-refractivity contribution < 1.29 is 9.90 Å². The van der Waals surface area contributed by atoms with Crippen molar-refractivity contribution in [3.05, 3.63) is 46.5 Å².